The molecule has 0 aliphatic heterocycles. The Bertz CT molecular complexity index is 1530. The van der Waals surface area contributed by atoms with Gasteiger partial charge in [0.15, 0.2) is 6.61 Å². The Kier molecular flexibility index (Phi) is 7.52. The van der Waals surface area contributed by atoms with Gasteiger partial charge in [0.2, 0.25) is 0 Å². The van der Waals surface area contributed by atoms with E-state index in [9.17, 15) is 14.0 Å². The van der Waals surface area contributed by atoms with Crippen LogP contribution in [0.2, 0.25) is 5.02 Å². The van der Waals surface area contributed by atoms with E-state index in [4.69, 9.17) is 21.3 Å². The van der Waals surface area contributed by atoms with Gasteiger partial charge < -0.3 is 10.1 Å². The Labute approximate surface area is 225 Å². The number of amides is 1. The average Bonchev–Trinajstić information content (AvgIpc) is 2.93. The second-order valence-electron chi connectivity index (χ2n) is 9.27. The number of para-hydroxylation sites is 1. The molecule has 0 bridgehead atoms. The molecule has 5 nitrogen and oxygen atoms in total. The van der Waals surface area contributed by atoms with Crippen LogP contribution in [0.4, 0.5) is 4.39 Å². The summed E-state index contributed by atoms with van der Waals surface area (Å²) in [5.74, 6) is -1.41. The Hall–Kier alpha value is -4.03. The van der Waals surface area contributed by atoms with Crippen molar-refractivity contribution in [3.8, 4) is 0 Å². The number of nitrogens with zero attached hydrogens (tertiary/aromatic N) is 1. The van der Waals surface area contributed by atoms with Crippen molar-refractivity contribution in [2.24, 2.45) is 0 Å². The van der Waals surface area contributed by atoms with Gasteiger partial charge in [-0.3, -0.25) is 4.79 Å². The molecule has 4 aromatic rings. The van der Waals surface area contributed by atoms with Crippen molar-refractivity contribution in [1.29, 1.82) is 0 Å². The summed E-state index contributed by atoms with van der Waals surface area (Å²) < 4.78 is 20.1. The van der Waals surface area contributed by atoms with E-state index in [2.05, 4.69) is 5.32 Å². The summed E-state index contributed by atoms with van der Waals surface area (Å²) in [5.41, 5.74) is 4.41. The van der Waals surface area contributed by atoms with Crippen molar-refractivity contribution >= 4 is 46.0 Å². The largest absolute Gasteiger partial charge is 0.452 e. The first kappa shape index (κ1) is 25.6. The van der Waals surface area contributed by atoms with Gasteiger partial charge in [-0.2, -0.15) is 0 Å². The van der Waals surface area contributed by atoms with E-state index in [-0.39, 0.29) is 6.04 Å². The zero-order valence-electron chi connectivity index (χ0n) is 20.8. The molecule has 192 valence electrons. The summed E-state index contributed by atoms with van der Waals surface area (Å²) in [6, 6.07) is 21.2. The van der Waals surface area contributed by atoms with Crippen LogP contribution in [0.5, 0.6) is 0 Å². The van der Waals surface area contributed by atoms with Crippen molar-refractivity contribution in [2.45, 2.75) is 32.2 Å². The number of fused-ring (bicyclic) bond motifs is 2. The summed E-state index contributed by atoms with van der Waals surface area (Å²) in [6.07, 6.45) is 3.74. The molecular weight excluding hydrogens is 503 g/mol. The molecule has 0 fully saturated rings. The van der Waals surface area contributed by atoms with Crippen molar-refractivity contribution in [3.05, 3.63) is 112 Å². The average molecular weight is 529 g/mol. The van der Waals surface area contributed by atoms with Crippen molar-refractivity contribution in [2.75, 3.05) is 6.61 Å². The monoisotopic (exact) mass is 528 g/mol. The molecule has 7 heteroatoms. The van der Waals surface area contributed by atoms with Gasteiger partial charge >= 0.3 is 5.97 Å². The van der Waals surface area contributed by atoms with Gasteiger partial charge in [-0.15, -0.1) is 0 Å². The van der Waals surface area contributed by atoms with Crippen molar-refractivity contribution < 1.29 is 18.7 Å². The predicted molar refractivity (Wildman–Crippen MR) is 147 cm³/mol. The standard InChI is InChI=1S/C31H26ClFN2O3/c1-19(20-9-3-2-4-10-20)34-28(36)18-38-31(37)29-22-12-5-6-16-27(22)35-30-21(11-7-13-23(29)30)17-24-25(32)14-8-15-26(24)33/h2-6,8-10,12,14-17,19H,7,11,13,18H2,1H3,(H,34,36)/b21-17-/t19-/m1/s1. The summed E-state index contributed by atoms with van der Waals surface area (Å²) in [4.78, 5) is 30.9. The normalized spacial score (nSPS) is 14.7. The maximum atomic E-state index is 14.6. The zero-order chi connectivity index (χ0) is 26.6. The molecule has 0 saturated heterocycles. The molecule has 0 saturated carbocycles. The van der Waals surface area contributed by atoms with E-state index in [1.807, 2.05) is 61.5 Å². The lowest BCUT2D eigenvalue weighted by Crippen LogP contribution is -2.31. The van der Waals surface area contributed by atoms with E-state index in [0.717, 1.165) is 23.1 Å². The number of hydrogen-bond acceptors (Lipinski definition) is 4. The predicted octanol–water partition coefficient (Wildman–Crippen LogP) is 6.94. The number of carbonyl (C=O) groups is 2. The van der Waals surface area contributed by atoms with Gasteiger partial charge in [-0.05, 0) is 67.2 Å². The van der Waals surface area contributed by atoms with Crippen LogP contribution in [0.25, 0.3) is 22.6 Å². The lowest BCUT2D eigenvalue weighted by molar-refractivity contribution is -0.124. The summed E-state index contributed by atoms with van der Waals surface area (Å²) >= 11 is 6.28. The quantitative estimate of drug-likeness (QED) is 0.275. The molecule has 1 heterocycles. The Morgan fingerprint density at radius 3 is 2.61 bits per heavy atom. The van der Waals surface area contributed by atoms with Crippen LogP contribution in [0.3, 0.4) is 0 Å². The number of aromatic nitrogens is 1. The first-order chi connectivity index (χ1) is 18.4. The molecule has 0 spiro atoms. The molecule has 1 N–H and O–H groups in total. The van der Waals surface area contributed by atoms with Crippen LogP contribution < -0.4 is 5.32 Å². The summed E-state index contributed by atoms with van der Waals surface area (Å²) in [6.45, 7) is 1.46. The molecule has 1 aliphatic carbocycles. The molecule has 1 aromatic heterocycles. The fourth-order valence-electron chi connectivity index (χ4n) is 4.84. The molecule has 5 rings (SSSR count). The Morgan fingerprint density at radius 1 is 1.05 bits per heavy atom. The van der Waals surface area contributed by atoms with Gasteiger partial charge in [0.25, 0.3) is 5.91 Å². The highest BCUT2D eigenvalue weighted by molar-refractivity contribution is 6.32. The molecule has 1 amide bonds. The van der Waals surface area contributed by atoms with Gasteiger partial charge in [-0.25, -0.2) is 14.2 Å². The third kappa shape index (κ3) is 5.31. The van der Waals surface area contributed by atoms with Crippen LogP contribution in [-0.2, 0) is 16.0 Å². The first-order valence-corrected chi connectivity index (χ1v) is 12.9. The number of benzene rings is 3. The molecule has 0 radical (unpaired) electrons. The third-order valence-electron chi connectivity index (χ3n) is 6.70. The lowest BCUT2D eigenvalue weighted by atomic mass is 9.86. The van der Waals surface area contributed by atoms with Crippen LogP contribution in [0.15, 0.2) is 72.8 Å². The smallest absolute Gasteiger partial charge is 0.339 e. The molecule has 1 aliphatic rings. The number of hydrogen-bond donors (Lipinski definition) is 1. The van der Waals surface area contributed by atoms with E-state index < -0.39 is 24.3 Å². The molecule has 1 atom stereocenters. The maximum absolute atomic E-state index is 14.6. The van der Waals surface area contributed by atoms with Gasteiger partial charge in [0.1, 0.15) is 5.82 Å². The third-order valence-corrected chi connectivity index (χ3v) is 7.03. The number of pyridine rings is 1. The number of allylic oxidation sites excluding steroid dienone is 1. The SMILES string of the molecule is C[C@@H](NC(=O)COC(=O)c1c2c(nc3ccccc13)/C(=C\c1c(F)cccc1Cl)CCC2)c1ccccc1. The number of ether oxygens (including phenoxy) is 1. The van der Waals surface area contributed by atoms with Gasteiger partial charge in [0, 0.05) is 10.9 Å². The van der Waals surface area contributed by atoms with E-state index in [1.54, 1.807) is 18.2 Å². The number of esters is 1. The molecule has 0 unspecified atom stereocenters. The van der Waals surface area contributed by atoms with Gasteiger partial charge in [0.05, 0.1) is 27.8 Å². The number of halogens is 2. The van der Waals surface area contributed by atoms with E-state index >= 15 is 0 Å². The first-order valence-electron chi connectivity index (χ1n) is 12.5. The highest BCUT2D eigenvalue weighted by atomic mass is 35.5. The van der Waals surface area contributed by atoms with Crippen molar-refractivity contribution in [1.82, 2.24) is 10.3 Å². The fourth-order valence-corrected chi connectivity index (χ4v) is 5.06. The summed E-state index contributed by atoms with van der Waals surface area (Å²) in [7, 11) is 0. The second-order valence-corrected chi connectivity index (χ2v) is 9.67. The highest BCUT2D eigenvalue weighted by Gasteiger charge is 2.27. The minimum absolute atomic E-state index is 0.227. The van der Waals surface area contributed by atoms with Crippen LogP contribution >= 0.6 is 11.6 Å². The van der Waals surface area contributed by atoms with E-state index in [1.165, 1.54) is 6.07 Å². The van der Waals surface area contributed by atoms with Crippen LogP contribution in [0.1, 0.15) is 58.5 Å². The zero-order valence-corrected chi connectivity index (χ0v) is 21.6. The number of nitrogens with one attached hydrogen (secondary N) is 1. The lowest BCUT2D eigenvalue weighted by Gasteiger charge is -2.22. The highest BCUT2D eigenvalue weighted by Crippen LogP contribution is 2.37. The molecule has 3 aromatic carbocycles. The Morgan fingerprint density at radius 2 is 1.82 bits per heavy atom. The number of carbonyl (C=O) groups excluding carboxylic acids is 2. The second kappa shape index (κ2) is 11.2. The van der Waals surface area contributed by atoms with Gasteiger partial charge in [-0.1, -0.05) is 66.2 Å². The maximum Gasteiger partial charge on any atom is 0.339 e. The minimum atomic E-state index is -0.590. The number of rotatable bonds is 6. The van der Waals surface area contributed by atoms with Crippen LogP contribution in [-0.4, -0.2) is 23.5 Å². The van der Waals surface area contributed by atoms with E-state index in [0.29, 0.717) is 45.6 Å². The van der Waals surface area contributed by atoms with Crippen LogP contribution in [0, 0.1) is 5.82 Å². The fraction of sp³-hybridized carbons (Fsp3) is 0.194. The van der Waals surface area contributed by atoms with Crippen molar-refractivity contribution in [3.63, 3.8) is 0 Å². The molecular formula is C31H26ClFN2O3. The Balaban J connectivity index is 1.45. The topological polar surface area (TPSA) is 68.3 Å². The molecule has 38 heavy (non-hydrogen) atoms. The summed E-state index contributed by atoms with van der Waals surface area (Å²) in [5, 5.41) is 3.82. The minimum Gasteiger partial charge on any atom is -0.452 e.